The van der Waals surface area contributed by atoms with Gasteiger partial charge in [0.2, 0.25) is 17.6 Å². The third kappa shape index (κ3) is 12.8. The number of alkyl carbamates (subject to hydrolysis) is 1. The topological polar surface area (TPSA) is 148 Å². The molecule has 10 heteroatoms. The minimum atomic E-state index is -1.11. The lowest BCUT2D eigenvalue weighted by molar-refractivity contribution is -0.142. The van der Waals surface area contributed by atoms with E-state index in [1.807, 2.05) is 45.0 Å². The van der Waals surface area contributed by atoms with Crippen LogP contribution < -0.4 is 16.4 Å². The van der Waals surface area contributed by atoms with Gasteiger partial charge < -0.3 is 26.0 Å². The lowest BCUT2D eigenvalue weighted by Gasteiger charge is -2.32. The van der Waals surface area contributed by atoms with E-state index in [0.29, 0.717) is 38.6 Å². The quantitative estimate of drug-likeness (QED) is 0.189. The molecule has 3 unspecified atom stereocenters. The zero-order valence-corrected chi connectivity index (χ0v) is 28.7. The Kier molecular flexibility index (Phi) is 18.8. The van der Waals surface area contributed by atoms with Crippen molar-refractivity contribution in [2.45, 2.75) is 143 Å². The highest BCUT2D eigenvalue weighted by atomic mass is 16.6. The number of ether oxygens (including phenoxy) is 1. The van der Waals surface area contributed by atoms with Crippen LogP contribution in [0.2, 0.25) is 0 Å². The summed E-state index contributed by atoms with van der Waals surface area (Å²) in [4.78, 5) is 64.5. The van der Waals surface area contributed by atoms with Crippen LogP contribution in [0.5, 0.6) is 0 Å². The molecule has 0 spiro atoms. The first-order chi connectivity index (χ1) is 21.5. The van der Waals surface area contributed by atoms with E-state index in [0.717, 1.165) is 11.1 Å². The largest absolute Gasteiger partial charge is 0.447 e. The van der Waals surface area contributed by atoms with Gasteiger partial charge in [-0.1, -0.05) is 97.4 Å². The highest BCUT2D eigenvalue weighted by Gasteiger charge is 2.43. The predicted molar refractivity (Wildman–Crippen MR) is 177 cm³/mol. The maximum Gasteiger partial charge on any atom is 0.408 e. The minimum Gasteiger partial charge on any atom is -0.447 e. The van der Waals surface area contributed by atoms with Crippen LogP contribution in [0.4, 0.5) is 4.79 Å². The van der Waals surface area contributed by atoms with Gasteiger partial charge in [0.05, 0.1) is 12.1 Å². The number of unbranched alkanes of at least 4 members (excludes halogenated alkanes) is 4. The summed E-state index contributed by atoms with van der Waals surface area (Å²) in [6.07, 6.45) is 9.03. The molecule has 0 aromatic heterocycles. The van der Waals surface area contributed by atoms with Gasteiger partial charge in [-0.05, 0) is 63.0 Å². The molecule has 1 fully saturated rings. The van der Waals surface area contributed by atoms with E-state index in [4.69, 9.17) is 10.5 Å². The highest BCUT2D eigenvalue weighted by Crippen LogP contribution is 2.31. The van der Waals surface area contributed by atoms with Gasteiger partial charge in [-0.3, -0.25) is 19.2 Å². The van der Waals surface area contributed by atoms with Crippen molar-refractivity contribution < 1.29 is 28.7 Å². The van der Waals surface area contributed by atoms with E-state index < -0.39 is 41.8 Å². The number of nitrogens with two attached hydrogens (primary N) is 1. The molecule has 1 saturated heterocycles. The highest BCUT2D eigenvalue weighted by molar-refractivity contribution is 6.37. The monoisotopic (exact) mass is 630 g/mol. The summed E-state index contributed by atoms with van der Waals surface area (Å²) >= 11 is 0. The molecule has 10 nitrogen and oxygen atoms in total. The number of primary amides is 1. The van der Waals surface area contributed by atoms with E-state index in [1.54, 1.807) is 13.8 Å². The van der Waals surface area contributed by atoms with Crippen LogP contribution in [0.25, 0.3) is 0 Å². The molecule has 0 bridgehead atoms. The third-order valence-electron chi connectivity index (χ3n) is 7.93. The second kappa shape index (κ2) is 21.3. The van der Waals surface area contributed by atoms with Gasteiger partial charge in [0, 0.05) is 6.54 Å². The fourth-order valence-electron chi connectivity index (χ4n) is 5.74. The fraction of sp³-hybridized carbons (Fsp3) is 0.686. The zero-order chi connectivity index (χ0) is 33.9. The number of benzene rings is 1. The summed E-state index contributed by atoms with van der Waals surface area (Å²) in [6, 6.07) is 5.19. The van der Waals surface area contributed by atoms with Gasteiger partial charge in [0.1, 0.15) is 12.1 Å². The molecule has 0 radical (unpaired) electrons. The van der Waals surface area contributed by atoms with Gasteiger partial charge in [-0.25, -0.2) is 4.79 Å². The molecule has 45 heavy (non-hydrogen) atoms. The van der Waals surface area contributed by atoms with Gasteiger partial charge in [0.25, 0.3) is 5.91 Å². The van der Waals surface area contributed by atoms with Crippen molar-refractivity contribution in [3.8, 4) is 0 Å². The lowest BCUT2D eigenvalue weighted by Crippen LogP contribution is -2.57. The van der Waals surface area contributed by atoms with E-state index >= 15 is 0 Å². The van der Waals surface area contributed by atoms with E-state index in [-0.39, 0.29) is 24.3 Å². The Morgan fingerprint density at radius 1 is 0.911 bits per heavy atom. The number of ketones is 1. The van der Waals surface area contributed by atoms with E-state index in [2.05, 4.69) is 24.5 Å². The SMILES string of the molecule is CC.CCCC(NC(=O)C1CCCN1C(=O)C(NC(=O)OC(C)C)C1Cc2ccccc2C1)C(=O)C(N)=O.CCCCCCC. The summed E-state index contributed by atoms with van der Waals surface area (Å²) in [5.41, 5.74) is 7.40. The van der Waals surface area contributed by atoms with Crippen LogP contribution in [0.1, 0.15) is 117 Å². The zero-order valence-electron chi connectivity index (χ0n) is 28.7. The molecule has 1 aliphatic heterocycles. The summed E-state index contributed by atoms with van der Waals surface area (Å²) in [5.74, 6) is -3.03. The number of rotatable bonds is 14. The Labute approximate surface area is 270 Å². The predicted octanol–water partition coefficient (Wildman–Crippen LogP) is 5.24. The number of Topliss-reactive ketones (excluding diaryl/α,β-unsaturated/α-hetero) is 1. The summed E-state index contributed by atoms with van der Waals surface area (Å²) in [6.45, 7) is 14.1. The van der Waals surface area contributed by atoms with Gasteiger partial charge in [-0.15, -0.1) is 0 Å². The fourth-order valence-corrected chi connectivity index (χ4v) is 5.74. The molecule has 3 atom stereocenters. The summed E-state index contributed by atoms with van der Waals surface area (Å²) in [7, 11) is 0. The van der Waals surface area contributed by atoms with Crippen molar-refractivity contribution in [1.82, 2.24) is 15.5 Å². The van der Waals surface area contributed by atoms with E-state index in [9.17, 15) is 24.0 Å². The van der Waals surface area contributed by atoms with Gasteiger partial charge in [-0.2, -0.15) is 0 Å². The van der Waals surface area contributed by atoms with Crippen molar-refractivity contribution in [1.29, 1.82) is 0 Å². The van der Waals surface area contributed by atoms with Crippen molar-refractivity contribution in [2.75, 3.05) is 6.54 Å². The molecular weight excluding hydrogens is 572 g/mol. The van der Waals surface area contributed by atoms with Crippen LogP contribution in [0.15, 0.2) is 24.3 Å². The van der Waals surface area contributed by atoms with Crippen LogP contribution in [0, 0.1) is 5.92 Å². The van der Waals surface area contributed by atoms with Crippen molar-refractivity contribution in [3.63, 3.8) is 0 Å². The molecule has 1 aliphatic carbocycles. The van der Waals surface area contributed by atoms with E-state index in [1.165, 1.54) is 37.0 Å². The normalized spacial score (nSPS) is 16.7. The average Bonchev–Trinajstić information content (AvgIpc) is 3.68. The molecule has 254 valence electrons. The standard InChI is InChI=1S/C26H36N4O6.C7H16.C2H6/c1-4-8-19(22(31)23(27)32)28-24(33)20-11-7-12-30(20)25(34)21(29-26(35)36-15(2)3)18-13-16-9-5-6-10-17(16)14-18;1-3-5-7-6-4-2;1-2/h5-6,9-10,15,18-21H,4,7-8,11-14H2,1-3H3,(H2,27,32)(H,28,33)(H,29,35);3-7H2,1-2H3;1-2H3. The summed E-state index contributed by atoms with van der Waals surface area (Å²) < 4.78 is 5.25. The number of nitrogens with zero attached hydrogens (tertiary/aromatic N) is 1. The molecular formula is C35H58N4O6. The number of carbonyl (C=O) groups excluding carboxylic acids is 5. The molecule has 4 amide bonds. The number of likely N-dealkylation sites (tertiary alicyclic amines) is 1. The van der Waals surface area contributed by atoms with Crippen molar-refractivity contribution >= 4 is 29.6 Å². The molecule has 1 aromatic rings. The van der Waals surface area contributed by atoms with Crippen molar-refractivity contribution in [2.24, 2.45) is 11.7 Å². The molecule has 4 N–H and O–H groups in total. The Hall–Kier alpha value is -3.43. The second-order valence-corrected chi connectivity index (χ2v) is 11.8. The molecule has 3 rings (SSSR count). The number of amides is 4. The van der Waals surface area contributed by atoms with Gasteiger partial charge >= 0.3 is 6.09 Å². The Morgan fingerprint density at radius 2 is 1.49 bits per heavy atom. The number of carbonyl (C=O) groups is 5. The smallest absolute Gasteiger partial charge is 0.408 e. The third-order valence-corrected chi connectivity index (χ3v) is 7.93. The number of hydrogen-bond acceptors (Lipinski definition) is 6. The second-order valence-electron chi connectivity index (χ2n) is 11.8. The first kappa shape index (κ1) is 39.6. The lowest BCUT2D eigenvalue weighted by atomic mass is 9.95. The molecule has 2 aliphatic rings. The van der Waals surface area contributed by atoms with Crippen molar-refractivity contribution in [3.05, 3.63) is 35.4 Å². The first-order valence-electron chi connectivity index (χ1n) is 17.0. The maximum atomic E-state index is 13.8. The number of hydrogen-bond donors (Lipinski definition) is 3. The number of nitrogens with one attached hydrogen (secondary N) is 2. The van der Waals surface area contributed by atoms with Crippen LogP contribution in [-0.4, -0.2) is 65.3 Å². The maximum absolute atomic E-state index is 13.8. The number of fused-ring (bicyclic) bond motifs is 1. The molecule has 1 heterocycles. The Bertz CT molecular complexity index is 1060. The minimum absolute atomic E-state index is 0.191. The Balaban J connectivity index is 0.000000991. The van der Waals surface area contributed by atoms with Crippen LogP contribution in [0.3, 0.4) is 0 Å². The molecule has 0 saturated carbocycles. The first-order valence-corrected chi connectivity index (χ1v) is 17.0. The van der Waals surface area contributed by atoms with Crippen LogP contribution in [-0.2, 0) is 36.8 Å². The average molecular weight is 631 g/mol. The summed E-state index contributed by atoms with van der Waals surface area (Å²) in [5, 5.41) is 5.38. The van der Waals surface area contributed by atoms with Gasteiger partial charge in [0.15, 0.2) is 0 Å². The molecule has 1 aromatic carbocycles. The Morgan fingerprint density at radius 3 is 1.98 bits per heavy atom. The van der Waals surface area contributed by atoms with Crippen LogP contribution >= 0.6 is 0 Å².